The second-order valence-electron chi connectivity index (χ2n) is 8.05. The summed E-state index contributed by atoms with van der Waals surface area (Å²) in [4.78, 5) is 39.0. The van der Waals surface area contributed by atoms with Crippen LogP contribution in [0.2, 0.25) is 0 Å². The van der Waals surface area contributed by atoms with Crippen LogP contribution in [0.5, 0.6) is 0 Å². The van der Waals surface area contributed by atoms with Gasteiger partial charge >= 0.3 is 18.0 Å². The van der Waals surface area contributed by atoms with Gasteiger partial charge in [-0.05, 0) is 48.0 Å². The standard InChI is InChI=1S/C25H17F6N3O3/c26-24(27,28)16-6-3-5-15(11-16)13-32-21(35)14-33-20-10-2-1-9-19(20)22(36)34(23(33)37)18-8-4-7-17(12-18)25(29,30)31/h1-12H,13-14H2,(H,32,35). The highest BCUT2D eigenvalue weighted by Crippen LogP contribution is 2.30. The predicted octanol–water partition coefficient (Wildman–Crippen LogP) is 4.51. The molecule has 37 heavy (non-hydrogen) atoms. The van der Waals surface area contributed by atoms with E-state index >= 15 is 0 Å². The van der Waals surface area contributed by atoms with Crippen LogP contribution in [0, 0.1) is 0 Å². The van der Waals surface area contributed by atoms with E-state index in [1.165, 1.54) is 36.4 Å². The lowest BCUT2D eigenvalue weighted by molar-refractivity contribution is -0.138. The number of carbonyl (C=O) groups is 1. The smallest absolute Gasteiger partial charge is 0.350 e. The minimum atomic E-state index is -4.72. The molecule has 4 aromatic rings. The fraction of sp³-hybridized carbons (Fsp3) is 0.160. The molecule has 0 aliphatic rings. The summed E-state index contributed by atoms with van der Waals surface area (Å²) < 4.78 is 79.9. The highest BCUT2D eigenvalue weighted by Gasteiger charge is 2.31. The normalized spacial score (nSPS) is 12.1. The number of halogens is 6. The molecule has 0 fully saturated rings. The molecule has 12 heteroatoms. The Bertz CT molecular complexity index is 1600. The van der Waals surface area contributed by atoms with Gasteiger partial charge in [-0.15, -0.1) is 0 Å². The molecule has 6 nitrogen and oxygen atoms in total. The second-order valence-corrected chi connectivity index (χ2v) is 8.05. The minimum absolute atomic E-state index is 0.0230. The molecule has 0 spiro atoms. The lowest BCUT2D eigenvalue weighted by Gasteiger charge is -2.15. The molecule has 0 radical (unpaired) electrons. The van der Waals surface area contributed by atoms with Crippen molar-refractivity contribution in [1.29, 1.82) is 0 Å². The van der Waals surface area contributed by atoms with Gasteiger partial charge in [0.15, 0.2) is 0 Å². The van der Waals surface area contributed by atoms with Crippen LogP contribution in [-0.4, -0.2) is 15.0 Å². The molecule has 1 amide bonds. The summed E-state index contributed by atoms with van der Waals surface area (Å²) in [6.45, 7) is -0.916. The number of benzene rings is 3. The lowest BCUT2D eigenvalue weighted by atomic mass is 10.1. The molecule has 0 aliphatic carbocycles. The van der Waals surface area contributed by atoms with Crippen LogP contribution < -0.4 is 16.6 Å². The van der Waals surface area contributed by atoms with Gasteiger partial charge in [0.1, 0.15) is 6.54 Å². The van der Waals surface area contributed by atoms with Gasteiger partial charge in [-0.2, -0.15) is 26.3 Å². The largest absolute Gasteiger partial charge is 0.416 e. The lowest BCUT2D eigenvalue weighted by Crippen LogP contribution is -2.41. The number of alkyl halides is 6. The van der Waals surface area contributed by atoms with Crippen molar-refractivity contribution < 1.29 is 31.1 Å². The average molecular weight is 521 g/mol. The fourth-order valence-corrected chi connectivity index (χ4v) is 3.78. The molecule has 0 bridgehead atoms. The first-order valence-corrected chi connectivity index (χ1v) is 10.7. The van der Waals surface area contributed by atoms with Gasteiger partial charge in [0.25, 0.3) is 5.56 Å². The molecule has 0 unspecified atom stereocenters. The van der Waals surface area contributed by atoms with E-state index in [0.717, 1.165) is 34.9 Å². The molecule has 0 saturated heterocycles. The number of carbonyl (C=O) groups excluding carboxylic acids is 1. The minimum Gasteiger partial charge on any atom is -0.350 e. The first-order valence-electron chi connectivity index (χ1n) is 10.7. The van der Waals surface area contributed by atoms with Crippen molar-refractivity contribution in [2.24, 2.45) is 0 Å². The van der Waals surface area contributed by atoms with Crippen LogP contribution in [-0.2, 0) is 30.2 Å². The van der Waals surface area contributed by atoms with Gasteiger partial charge in [0.2, 0.25) is 5.91 Å². The van der Waals surface area contributed by atoms with Crippen molar-refractivity contribution in [3.05, 3.63) is 110 Å². The summed E-state index contributed by atoms with van der Waals surface area (Å²) in [6.07, 6.45) is -9.29. The van der Waals surface area contributed by atoms with Gasteiger partial charge < -0.3 is 5.32 Å². The highest BCUT2D eigenvalue weighted by atomic mass is 19.4. The Balaban J connectivity index is 1.71. The summed E-state index contributed by atoms with van der Waals surface area (Å²) >= 11 is 0. The number of para-hydroxylation sites is 1. The number of amides is 1. The maximum Gasteiger partial charge on any atom is 0.416 e. The van der Waals surface area contributed by atoms with E-state index in [1.54, 1.807) is 0 Å². The number of nitrogens with zero attached hydrogens (tertiary/aromatic N) is 2. The molecule has 1 N–H and O–H groups in total. The topological polar surface area (TPSA) is 73.1 Å². The summed E-state index contributed by atoms with van der Waals surface area (Å²) in [5.74, 6) is -0.765. The van der Waals surface area contributed by atoms with E-state index in [1.807, 2.05) is 0 Å². The van der Waals surface area contributed by atoms with E-state index in [4.69, 9.17) is 0 Å². The molecule has 0 saturated carbocycles. The third-order valence-electron chi connectivity index (χ3n) is 5.53. The Morgan fingerprint density at radius 2 is 1.41 bits per heavy atom. The zero-order chi connectivity index (χ0) is 27.0. The molecule has 0 aliphatic heterocycles. The van der Waals surface area contributed by atoms with Gasteiger partial charge in [0, 0.05) is 6.54 Å². The molecule has 1 heterocycles. The van der Waals surface area contributed by atoms with Crippen molar-refractivity contribution >= 4 is 16.8 Å². The van der Waals surface area contributed by atoms with Crippen molar-refractivity contribution in [2.45, 2.75) is 25.4 Å². The Hall–Kier alpha value is -4.35. The maximum absolute atomic E-state index is 13.3. The molecule has 1 aromatic heterocycles. The predicted molar refractivity (Wildman–Crippen MR) is 122 cm³/mol. The Morgan fingerprint density at radius 3 is 2.08 bits per heavy atom. The first kappa shape index (κ1) is 25.7. The van der Waals surface area contributed by atoms with Crippen LogP contribution in [0.3, 0.4) is 0 Å². The second kappa shape index (κ2) is 9.60. The first-order chi connectivity index (χ1) is 17.4. The summed E-state index contributed by atoms with van der Waals surface area (Å²) in [7, 11) is 0. The molecule has 192 valence electrons. The Labute approximate surface area is 204 Å². The average Bonchev–Trinajstić information content (AvgIpc) is 2.85. The molecule has 0 atom stereocenters. The number of nitrogens with one attached hydrogen (secondary N) is 1. The van der Waals surface area contributed by atoms with Crippen LogP contribution in [0.15, 0.2) is 82.4 Å². The van der Waals surface area contributed by atoms with Crippen LogP contribution in [0.1, 0.15) is 16.7 Å². The number of rotatable bonds is 5. The van der Waals surface area contributed by atoms with E-state index in [2.05, 4.69) is 5.32 Å². The Kier molecular flexibility index (Phi) is 6.68. The number of hydrogen-bond acceptors (Lipinski definition) is 3. The summed E-state index contributed by atoms with van der Waals surface area (Å²) in [5, 5.41) is 2.40. The van der Waals surface area contributed by atoms with E-state index in [-0.39, 0.29) is 28.7 Å². The van der Waals surface area contributed by atoms with Crippen LogP contribution >= 0.6 is 0 Å². The van der Waals surface area contributed by atoms with Crippen LogP contribution in [0.4, 0.5) is 26.3 Å². The molecular formula is C25H17F6N3O3. The number of hydrogen-bond donors (Lipinski definition) is 1. The fourth-order valence-electron chi connectivity index (χ4n) is 3.78. The summed E-state index contributed by atoms with van der Waals surface area (Å²) in [6, 6.07) is 13.7. The van der Waals surface area contributed by atoms with Crippen molar-refractivity contribution in [2.75, 3.05) is 0 Å². The van der Waals surface area contributed by atoms with E-state index < -0.39 is 47.2 Å². The van der Waals surface area contributed by atoms with E-state index in [0.29, 0.717) is 10.6 Å². The van der Waals surface area contributed by atoms with Gasteiger partial charge in [-0.1, -0.05) is 30.3 Å². The van der Waals surface area contributed by atoms with Gasteiger partial charge in [0.05, 0.1) is 27.7 Å². The van der Waals surface area contributed by atoms with Crippen molar-refractivity contribution in [1.82, 2.24) is 14.5 Å². The van der Waals surface area contributed by atoms with Crippen LogP contribution in [0.25, 0.3) is 16.6 Å². The van der Waals surface area contributed by atoms with Crippen molar-refractivity contribution in [3.63, 3.8) is 0 Å². The van der Waals surface area contributed by atoms with Gasteiger partial charge in [-0.3, -0.25) is 14.2 Å². The third kappa shape index (κ3) is 5.42. The molecular weight excluding hydrogens is 504 g/mol. The molecule has 4 rings (SSSR count). The highest BCUT2D eigenvalue weighted by molar-refractivity contribution is 5.82. The Morgan fingerprint density at radius 1 is 0.784 bits per heavy atom. The van der Waals surface area contributed by atoms with Gasteiger partial charge in [-0.25, -0.2) is 9.36 Å². The SMILES string of the molecule is O=C(Cn1c(=O)n(-c2cccc(C(F)(F)F)c2)c(=O)c2ccccc21)NCc1cccc(C(F)(F)F)c1. The quantitative estimate of drug-likeness (QED) is 0.393. The maximum atomic E-state index is 13.3. The molecule has 3 aromatic carbocycles. The number of fused-ring (bicyclic) bond motifs is 1. The number of aromatic nitrogens is 2. The van der Waals surface area contributed by atoms with E-state index in [9.17, 15) is 40.7 Å². The summed E-state index contributed by atoms with van der Waals surface area (Å²) in [5.41, 5.74) is -4.01. The van der Waals surface area contributed by atoms with Crippen molar-refractivity contribution in [3.8, 4) is 5.69 Å². The zero-order valence-corrected chi connectivity index (χ0v) is 18.7. The zero-order valence-electron chi connectivity index (χ0n) is 18.7. The third-order valence-corrected chi connectivity index (χ3v) is 5.53. The monoisotopic (exact) mass is 521 g/mol.